The van der Waals surface area contributed by atoms with Crippen LogP contribution in [0.4, 0.5) is 11.4 Å². The molecule has 3 rings (SSSR count). The van der Waals surface area contributed by atoms with E-state index >= 15 is 0 Å². The molecule has 2 aromatic carbocycles. The number of nitrogens with one attached hydrogen (secondary N) is 2. The fourth-order valence-electron chi connectivity index (χ4n) is 2.56. The fraction of sp³-hybridized carbons (Fsp3) is 0.143. The van der Waals surface area contributed by atoms with Crippen molar-refractivity contribution < 1.29 is 22.7 Å². The zero-order valence-electron chi connectivity index (χ0n) is 16.5. The van der Waals surface area contributed by atoms with Crippen molar-refractivity contribution in [1.29, 1.82) is 0 Å². The first kappa shape index (κ1) is 21.1. The van der Waals surface area contributed by atoms with E-state index in [1.807, 2.05) is 6.92 Å². The van der Waals surface area contributed by atoms with Gasteiger partial charge in [0.15, 0.2) is 0 Å². The third-order valence-corrected chi connectivity index (χ3v) is 5.44. The molecule has 0 spiro atoms. The Morgan fingerprint density at radius 2 is 1.63 bits per heavy atom. The van der Waals surface area contributed by atoms with Crippen molar-refractivity contribution in [3.63, 3.8) is 0 Å². The molecule has 0 radical (unpaired) electrons. The Bertz CT molecular complexity index is 1100. The molecule has 1 heterocycles. The molecule has 0 bridgehead atoms. The third kappa shape index (κ3) is 5.26. The van der Waals surface area contributed by atoms with Crippen LogP contribution < -0.4 is 19.5 Å². The lowest BCUT2D eigenvalue weighted by Crippen LogP contribution is -2.15. The fourth-order valence-corrected chi connectivity index (χ4v) is 3.62. The van der Waals surface area contributed by atoms with Crippen LogP contribution >= 0.6 is 0 Å². The number of carbonyl (C=O) groups is 1. The summed E-state index contributed by atoms with van der Waals surface area (Å²) in [5.74, 6) is 0.704. The van der Waals surface area contributed by atoms with Gasteiger partial charge in [-0.15, -0.1) is 0 Å². The lowest BCUT2D eigenvalue weighted by Gasteiger charge is -2.10. The number of rotatable bonds is 8. The van der Waals surface area contributed by atoms with Crippen LogP contribution in [0.2, 0.25) is 0 Å². The second-order valence-corrected chi connectivity index (χ2v) is 7.81. The summed E-state index contributed by atoms with van der Waals surface area (Å²) in [4.78, 5) is 16.4. The molecule has 9 heteroatoms. The first-order valence-electron chi connectivity index (χ1n) is 9.08. The third-order valence-electron chi connectivity index (χ3n) is 4.05. The van der Waals surface area contributed by atoms with E-state index in [2.05, 4.69) is 15.0 Å². The molecule has 0 aliphatic carbocycles. The summed E-state index contributed by atoms with van der Waals surface area (Å²) in [7, 11) is -2.29. The Hall–Kier alpha value is -3.59. The highest BCUT2D eigenvalue weighted by molar-refractivity contribution is 7.92. The average Bonchev–Trinajstić information content (AvgIpc) is 2.76. The summed E-state index contributed by atoms with van der Waals surface area (Å²) in [6, 6.07) is 15.5. The van der Waals surface area contributed by atoms with Gasteiger partial charge in [-0.2, -0.15) is 0 Å². The second kappa shape index (κ2) is 9.27. The smallest absolute Gasteiger partial charge is 0.261 e. The van der Waals surface area contributed by atoms with Crippen LogP contribution in [0.15, 0.2) is 71.8 Å². The molecule has 0 aliphatic rings. The number of ether oxygens (including phenoxy) is 2. The maximum Gasteiger partial charge on any atom is 0.261 e. The van der Waals surface area contributed by atoms with Gasteiger partial charge in [0.05, 0.1) is 30.5 Å². The van der Waals surface area contributed by atoms with E-state index in [-0.39, 0.29) is 10.8 Å². The summed E-state index contributed by atoms with van der Waals surface area (Å²) in [6.45, 7) is 2.40. The van der Waals surface area contributed by atoms with Crippen molar-refractivity contribution in [2.24, 2.45) is 0 Å². The van der Waals surface area contributed by atoms with Crippen LogP contribution in [-0.4, -0.2) is 33.0 Å². The van der Waals surface area contributed by atoms with Crippen LogP contribution in [0.5, 0.6) is 11.6 Å². The van der Waals surface area contributed by atoms with Crippen molar-refractivity contribution in [3.05, 3.63) is 72.4 Å². The van der Waals surface area contributed by atoms with Gasteiger partial charge in [0, 0.05) is 17.3 Å². The molecule has 0 unspecified atom stereocenters. The van der Waals surface area contributed by atoms with Crippen LogP contribution in [0, 0.1) is 0 Å². The Kier molecular flexibility index (Phi) is 6.53. The number of benzene rings is 2. The van der Waals surface area contributed by atoms with Gasteiger partial charge in [-0.3, -0.25) is 9.52 Å². The van der Waals surface area contributed by atoms with E-state index in [4.69, 9.17) is 9.47 Å². The molecule has 1 aromatic heterocycles. The lowest BCUT2D eigenvalue weighted by atomic mass is 10.2. The average molecular weight is 427 g/mol. The van der Waals surface area contributed by atoms with E-state index in [9.17, 15) is 13.2 Å². The molecule has 2 N–H and O–H groups in total. The topological polar surface area (TPSA) is 107 Å². The number of carbonyl (C=O) groups excluding carboxylic acids is 1. The summed E-state index contributed by atoms with van der Waals surface area (Å²) >= 11 is 0. The van der Waals surface area contributed by atoms with Crippen LogP contribution in [0.1, 0.15) is 17.3 Å². The van der Waals surface area contributed by atoms with Crippen molar-refractivity contribution in [1.82, 2.24) is 4.98 Å². The molecule has 156 valence electrons. The summed E-state index contributed by atoms with van der Waals surface area (Å²) in [6.07, 6.45) is 1.47. The Balaban J connectivity index is 1.67. The summed E-state index contributed by atoms with van der Waals surface area (Å²) < 4.78 is 38.0. The van der Waals surface area contributed by atoms with Crippen molar-refractivity contribution in [2.75, 3.05) is 23.8 Å². The van der Waals surface area contributed by atoms with E-state index in [0.717, 1.165) is 0 Å². The Morgan fingerprint density at radius 3 is 2.20 bits per heavy atom. The zero-order chi connectivity index (χ0) is 21.6. The van der Waals surface area contributed by atoms with E-state index in [0.29, 0.717) is 35.2 Å². The molecule has 3 aromatic rings. The van der Waals surface area contributed by atoms with Crippen molar-refractivity contribution in [2.45, 2.75) is 11.8 Å². The van der Waals surface area contributed by atoms with E-state index in [1.165, 1.54) is 37.6 Å². The number of hydrogen-bond donors (Lipinski definition) is 2. The minimum absolute atomic E-state index is 0.0408. The lowest BCUT2D eigenvalue weighted by molar-refractivity contribution is 0.102. The summed E-state index contributed by atoms with van der Waals surface area (Å²) in [5, 5.41) is 2.69. The molecular weight excluding hydrogens is 406 g/mol. The number of nitrogens with zero attached hydrogens (tertiary/aromatic N) is 1. The number of pyridine rings is 1. The predicted molar refractivity (Wildman–Crippen MR) is 114 cm³/mol. The number of amides is 1. The first-order chi connectivity index (χ1) is 14.4. The highest BCUT2D eigenvalue weighted by Gasteiger charge is 2.15. The molecule has 0 aliphatic heterocycles. The molecule has 1 amide bonds. The summed E-state index contributed by atoms with van der Waals surface area (Å²) in [5.41, 5.74) is 1.22. The Morgan fingerprint density at radius 1 is 0.967 bits per heavy atom. The van der Waals surface area contributed by atoms with Gasteiger partial charge in [-0.05, 0) is 61.5 Å². The molecule has 0 saturated carbocycles. The van der Waals surface area contributed by atoms with Gasteiger partial charge in [-0.1, -0.05) is 0 Å². The van der Waals surface area contributed by atoms with Gasteiger partial charge in [-0.25, -0.2) is 13.4 Å². The van der Waals surface area contributed by atoms with E-state index < -0.39 is 10.0 Å². The van der Waals surface area contributed by atoms with Crippen LogP contribution in [-0.2, 0) is 10.0 Å². The zero-order valence-corrected chi connectivity index (χ0v) is 17.3. The number of anilines is 2. The molecule has 0 saturated heterocycles. The standard InChI is InChI=1S/C21H21N3O5S/c1-3-29-18-9-6-16(7-10-18)24-30(26,27)19-11-4-15(5-12-19)21(25)23-17-8-13-20(28-2)22-14-17/h4-14,24H,3H2,1-2H3,(H,23,25). The van der Waals surface area contributed by atoms with Crippen LogP contribution in [0.3, 0.4) is 0 Å². The van der Waals surface area contributed by atoms with Crippen LogP contribution in [0.25, 0.3) is 0 Å². The monoisotopic (exact) mass is 427 g/mol. The highest BCUT2D eigenvalue weighted by atomic mass is 32.2. The maximum absolute atomic E-state index is 12.6. The quantitative estimate of drug-likeness (QED) is 0.569. The molecule has 30 heavy (non-hydrogen) atoms. The Labute approximate surface area is 174 Å². The van der Waals surface area contributed by atoms with Gasteiger partial charge < -0.3 is 14.8 Å². The number of hydrogen-bond acceptors (Lipinski definition) is 6. The maximum atomic E-state index is 12.6. The largest absolute Gasteiger partial charge is 0.494 e. The second-order valence-electron chi connectivity index (χ2n) is 6.13. The predicted octanol–water partition coefficient (Wildman–Crippen LogP) is 3.54. The molecule has 8 nitrogen and oxygen atoms in total. The molecule has 0 fully saturated rings. The number of sulfonamides is 1. The SMILES string of the molecule is CCOc1ccc(NS(=O)(=O)c2ccc(C(=O)Nc3ccc(OC)nc3)cc2)cc1. The minimum Gasteiger partial charge on any atom is -0.494 e. The van der Waals surface area contributed by atoms with Gasteiger partial charge in [0.1, 0.15) is 5.75 Å². The van der Waals surface area contributed by atoms with Gasteiger partial charge in [0.2, 0.25) is 5.88 Å². The molecular formula is C21H21N3O5S. The minimum atomic E-state index is -3.79. The van der Waals surface area contributed by atoms with Gasteiger partial charge >= 0.3 is 0 Å². The van der Waals surface area contributed by atoms with Gasteiger partial charge in [0.25, 0.3) is 15.9 Å². The number of methoxy groups -OCH3 is 1. The first-order valence-corrected chi connectivity index (χ1v) is 10.6. The van der Waals surface area contributed by atoms with E-state index in [1.54, 1.807) is 36.4 Å². The van der Waals surface area contributed by atoms with Crippen molar-refractivity contribution in [3.8, 4) is 11.6 Å². The number of aromatic nitrogens is 1. The molecule has 0 atom stereocenters. The van der Waals surface area contributed by atoms with Crippen molar-refractivity contribution >= 4 is 27.3 Å². The highest BCUT2D eigenvalue weighted by Crippen LogP contribution is 2.20. The normalized spacial score (nSPS) is 10.9.